The fourth-order valence-electron chi connectivity index (χ4n) is 1.55. The maximum atomic E-state index is 13.0. The number of amides is 2. The number of nitrogens with one attached hydrogen (secondary N) is 2. The van der Waals surface area contributed by atoms with Gasteiger partial charge in [-0.05, 0) is 30.5 Å². The van der Waals surface area contributed by atoms with Crippen LogP contribution in [0.5, 0.6) is 0 Å². The zero-order chi connectivity index (χ0) is 13.8. The number of carbonyl (C=O) groups is 1. The summed E-state index contributed by atoms with van der Waals surface area (Å²) in [5, 5.41) is 7.08. The third kappa shape index (κ3) is 3.51. The Balaban J connectivity index is 1.95. The summed E-state index contributed by atoms with van der Waals surface area (Å²) in [6, 6.07) is 6.39. The Morgan fingerprint density at radius 2 is 2.05 bits per heavy atom. The van der Waals surface area contributed by atoms with Crippen LogP contribution in [0.3, 0.4) is 0 Å². The van der Waals surface area contributed by atoms with Crippen molar-refractivity contribution in [2.24, 2.45) is 0 Å². The smallest absolute Gasteiger partial charge is 0.319 e. The molecule has 1 aromatic heterocycles. The molecule has 2 amide bonds. The van der Waals surface area contributed by atoms with E-state index in [1.54, 1.807) is 0 Å². The molecular formula is C13H12F2N2OS. The fraction of sp³-hybridized carbons (Fsp3) is 0.154. The van der Waals surface area contributed by atoms with E-state index in [4.69, 9.17) is 0 Å². The van der Waals surface area contributed by atoms with E-state index in [1.807, 2.05) is 24.4 Å². The Kier molecular flexibility index (Phi) is 4.11. The van der Waals surface area contributed by atoms with E-state index >= 15 is 0 Å². The van der Waals surface area contributed by atoms with Gasteiger partial charge in [0, 0.05) is 16.6 Å². The van der Waals surface area contributed by atoms with Crippen molar-refractivity contribution < 1.29 is 13.6 Å². The van der Waals surface area contributed by atoms with E-state index in [1.165, 1.54) is 17.4 Å². The Bertz CT molecular complexity index is 572. The third-order valence-electron chi connectivity index (χ3n) is 2.50. The highest BCUT2D eigenvalue weighted by atomic mass is 32.1. The van der Waals surface area contributed by atoms with Crippen molar-refractivity contribution in [3.05, 3.63) is 52.2 Å². The molecule has 2 N–H and O–H groups in total. The average Bonchev–Trinajstić information content (AvgIpc) is 2.87. The van der Waals surface area contributed by atoms with Crippen LogP contribution >= 0.6 is 11.3 Å². The maximum absolute atomic E-state index is 13.0. The van der Waals surface area contributed by atoms with Crippen molar-refractivity contribution >= 4 is 23.1 Å². The second-order valence-electron chi connectivity index (χ2n) is 3.96. The Hall–Kier alpha value is -1.95. The number of halogens is 2. The first kappa shape index (κ1) is 13.5. The van der Waals surface area contributed by atoms with Gasteiger partial charge < -0.3 is 10.6 Å². The summed E-state index contributed by atoms with van der Waals surface area (Å²) in [6.45, 7) is 1.84. The zero-order valence-corrected chi connectivity index (χ0v) is 10.9. The van der Waals surface area contributed by atoms with Gasteiger partial charge in [0.25, 0.3) is 0 Å². The van der Waals surface area contributed by atoms with Crippen molar-refractivity contribution in [1.29, 1.82) is 0 Å². The third-order valence-corrected chi connectivity index (χ3v) is 3.55. The van der Waals surface area contributed by atoms with E-state index in [2.05, 4.69) is 10.6 Å². The normalized spacial score (nSPS) is 11.9. The molecule has 2 aromatic rings. The molecule has 0 aliphatic rings. The molecule has 19 heavy (non-hydrogen) atoms. The van der Waals surface area contributed by atoms with Gasteiger partial charge in [-0.25, -0.2) is 13.6 Å². The number of hydrogen-bond donors (Lipinski definition) is 2. The molecule has 0 bridgehead atoms. The van der Waals surface area contributed by atoms with Crippen LogP contribution in [0.1, 0.15) is 17.8 Å². The van der Waals surface area contributed by atoms with Crippen LogP contribution < -0.4 is 10.6 Å². The molecule has 0 saturated heterocycles. The van der Waals surface area contributed by atoms with E-state index in [-0.39, 0.29) is 11.7 Å². The molecule has 1 unspecified atom stereocenters. The summed E-state index contributed by atoms with van der Waals surface area (Å²) in [5.41, 5.74) is 0.203. The summed E-state index contributed by atoms with van der Waals surface area (Å²) < 4.78 is 25.7. The lowest BCUT2D eigenvalue weighted by Crippen LogP contribution is -2.30. The first-order chi connectivity index (χ1) is 9.06. The molecule has 0 aliphatic carbocycles. The monoisotopic (exact) mass is 282 g/mol. The lowest BCUT2D eigenvalue weighted by atomic mass is 10.3. The molecule has 0 radical (unpaired) electrons. The van der Waals surface area contributed by atoms with Crippen LogP contribution in [0, 0.1) is 11.6 Å². The summed E-state index contributed by atoms with van der Waals surface area (Å²) in [5.74, 6) is -1.94. The SMILES string of the molecule is CC(NC(=O)Nc1ccc(F)c(F)c1)c1cccs1. The van der Waals surface area contributed by atoms with Gasteiger partial charge in [0.2, 0.25) is 0 Å². The highest BCUT2D eigenvalue weighted by Crippen LogP contribution is 2.18. The van der Waals surface area contributed by atoms with Crippen LogP contribution in [-0.4, -0.2) is 6.03 Å². The van der Waals surface area contributed by atoms with Gasteiger partial charge in [-0.3, -0.25) is 0 Å². The minimum atomic E-state index is -0.996. The highest BCUT2D eigenvalue weighted by molar-refractivity contribution is 7.10. The molecule has 1 atom stereocenters. The lowest BCUT2D eigenvalue weighted by Gasteiger charge is -2.13. The second-order valence-corrected chi connectivity index (χ2v) is 4.94. The van der Waals surface area contributed by atoms with Gasteiger partial charge in [-0.15, -0.1) is 11.3 Å². The van der Waals surface area contributed by atoms with Crippen molar-refractivity contribution in [1.82, 2.24) is 5.32 Å². The van der Waals surface area contributed by atoms with Crippen molar-refractivity contribution in [2.45, 2.75) is 13.0 Å². The quantitative estimate of drug-likeness (QED) is 0.880. The van der Waals surface area contributed by atoms with Crippen LogP contribution in [0.15, 0.2) is 35.7 Å². The summed E-state index contributed by atoms with van der Waals surface area (Å²) >= 11 is 1.53. The summed E-state index contributed by atoms with van der Waals surface area (Å²) in [6.07, 6.45) is 0. The number of thiophene rings is 1. The van der Waals surface area contributed by atoms with Crippen LogP contribution in [0.25, 0.3) is 0 Å². The van der Waals surface area contributed by atoms with Crippen LogP contribution in [-0.2, 0) is 0 Å². The molecule has 1 heterocycles. The van der Waals surface area contributed by atoms with Crippen LogP contribution in [0.2, 0.25) is 0 Å². The van der Waals surface area contributed by atoms with Crippen molar-refractivity contribution in [2.75, 3.05) is 5.32 Å². The largest absolute Gasteiger partial charge is 0.331 e. The van der Waals surface area contributed by atoms with Gasteiger partial charge >= 0.3 is 6.03 Å². The molecule has 100 valence electrons. The summed E-state index contributed by atoms with van der Waals surface area (Å²) in [4.78, 5) is 12.7. The minimum absolute atomic E-state index is 0.148. The Labute approximate surface area is 113 Å². The molecule has 0 spiro atoms. The average molecular weight is 282 g/mol. The van der Waals surface area contributed by atoms with E-state index in [9.17, 15) is 13.6 Å². The molecule has 3 nitrogen and oxygen atoms in total. The molecule has 0 fully saturated rings. The highest BCUT2D eigenvalue weighted by Gasteiger charge is 2.11. The van der Waals surface area contributed by atoms with E-state index < -0.39 is 17.7 Å². The number of rotatable bonds is 3. The molecular weight excluding hydrogens is 270 g/mol. The van der Waals surface area contributed by atoms with Crippen LogP contribution in [0.4, 0.5) is 19.3 Å². The fourth-order valence-corrected chi connectivity index (χ4v) is 2.28. The molecule has 0 saturated carbocycles. The lowest BCUT2D eigenvalue weighted by molar-refractivity contribution is 0.249. The van der Waals surface area contributed by atoms with Gasteiger partial charge in [-0.1, -0.05) is 6.07 Å². The second kappa shape index (κ2) is 5.79. The van der Waals surface area contributed by atoms with Gasteiger partial charge in [0.15, 0.2) is 11.6 Å². The number of benzene rings is 1. The van der Waals surface area contributed by atoms with Gasteiger partial charge in [0.05, 0.1) is 6.04 Å². The van der Waals surface area contributed by atoms with Gasteiger partial charge in [-0.2, -0.15) is 0 Å². The number of carbonyl (C=O) groups excluding carboxylic acids is 1. The Morgan fingerprint density at radius 1 is 1.26 bits per heavy atom. The molecule has 1 aromatic carbocycles. The standard InChI is InChI=1S/C13H12F2N2OS/c1-8(12-3-2-6-19-12)16-13(18)17-9-4-5-10(14)11(15)7-9/h2-8H,1H3,(H2,16,17,18). The predicted octanol–water partition coefficient (Wildman–Crippen LogP) is 3.91. The van der Waals surface area contributed by atoms with E-state index in [0.717, 1.165) is 17.0 Å². The first-order valence-corrected chi connectivity index (χ1v) is 6.50. The topological polar surface area (TPSA) is 41.1 Å². The predicted molar refractivity (Wildman–Crippen MR) is 71.2 cm³/mol. The molecule has 0 aliphatic heterocycles. The minimum Gasteiger partial charge on any atom is -0.331 e. The molecule has 2 rings (SSSR count). The number of urea groups is 1. The number of anilines is 1. The van der Waals surface area contributed by atoms with Crippen molar-refractivity contribution in [3.63, 3.8) is 0 Å². The van der Waals surface area contributed by atoms with Gasteiger partial charge in [0.1, 0.15) is 0 Å². The molecule has 6 heteroatoms. The Morgan fingerprint density at radius 3 is 2.68 bits per heavy atom. The van der Waals surface area contributed by atoms with E-state index in [0.29, 0.717) is 0 Å². The first-order valence-electron chi connectivity index (χ1n) is 5.62. The number of hydrogen-bond acceptors (Lipinski definition) is 2. The maximum Gasteiger partial charge on any atom is 0.319 e. The zero-order valence-electron chi connectivity index (χ0n) is 10.1. The van der Waals surface area contributed by atoms with Crippen molar-refractivity contribution in [3.8, 4) is 0 Å². The summed E-state index contributed by atoms with van der Waals surface area (Å²) in [7, 11) is 0.